The van der Waals surface area contributed by atoms with E-state index >= 15 is 0 Å². The Balaban J connectivity index is 1.68. The van der Waals surface area contributed by atoms with Crippen molar-refractivity contribution in [2.75, 3.05) is 37.4 Å². The number of anilines is 2. The number of benzene rings is 2. The SMILES string of the molecule is COc1ccc(C)cc1NC(=O)CNC(=O)COC(=O)CCNc1ccccc1[N+](=O)[O-]. The maximum absolute atomic E-state index is 12.0. The molecule has 0 unspecified atom stereocenters. The number of para-hydroxylation sites is 2. The molecule has 0 atom stereocenters. The summed E-state index contributed by atoms with van der Waals surface area (Å²) in [6.45, 7) is 1.09. The summed E-state index contributed by atoms with van der Waals surface area (Å²) in [4.78, 5) is 46.0. The number of hydrogen-bond donors (Lipinski definition) is 3. The molecule has 0 bridgehead atoms. The first kappa shape index (κ1) is 24.1. The third kappa shape index (κ3) is 7.59. The van der Waals surface area contributed by atoms with E-state index in [1.165, 1.54) is 25.3 Å². The number of nitro groups is 1. The number of ether oxygens (including phenoxy) is 2. The van der Waals surface area contributed by atoms with Crippen LogP contribution in [0.2, 0.25) is 0 Å². The molecule has 0 aliphatic heterocycles. The lowest BCUT2D eigenvalue weighted by Gasteiger charge is -2.11. The summed E-state index contributed by atoms with van der Waals surface area (Å²) in [7, 11) is 1.48. The average Bonchev–Trinajstić information content (AvgIpc) is 2.76. The number of carbonyl (C=O) groups excluding carboxylic acids is 3. The second kappa shape index (κ2) is 11.9. The van der Waals surface area contributed by atoms with Gasteiger partial charge < -0.3 is 25.4 Å². The predicted octanol–water partition coefficient (Wildman–Crippen LogP) is 2.01. The molecule has 0 saturated heterocycles. The van der Waals surface area contributed by atoms with Crippen molar-refractivity contribution in [1.29, 1.82) is 0 Å². The van der Waals surface area contributed by atoms with Gasteiger partial charge in [0.25, 0.3) is 11.6 Å². The number of rotatable bonds is 11. The maximum atomic E-state index is 12.0. The fraction of sp³-hybridized carbons (Fsp3) is 0.286. The smallest absolute Gasteiger partial charge is 0.308 e. The minimum Gasteiger partial charge on any atom is -0.495 e. The molecule has 0 aliphatic carbocycles. The van der Waals surface area contributed by atoms with Gasteiger partial charge in [0.1, 0.15) is 11.4 Å². The van der Waals surface area contributed by atoms with Gasteiger partial charge in [0.05, 0.1) is 30.7 Å². The van der Waals surface area contributed by atoms with Crippen LogP contribution in [0.4, 0.5) is 17.1 Å². The Bertz CT molecular complexity index is 994. The van der Waals surface area contributed by atoms with Crippen LogP contribution in [0, 0.1) is 17.0 Å². The summed E-state index contributed by atoms with van der Waals surface area (Å²) >= 11 is 0. The van der Waals surface area contributed by atoms with Crippen LogP contribution in [0.15, 0.2) is 42.5 Å². The minimum atomic E-state index is -0.666. The highest BCUT2D eigenvalue weighted by molar-refractivity contribution is 5.96. The van der Waals surface area contributed by atoms with E-state index in [0.29, 0.717) is 11.4 Å². The lowest BCUT2D eigenvalue weighted by molar-refractivity contribution is -0.384. The molecule has 11 nitrogen and oxygen atoms in total. The van der Waals surface area contributed by atoms with E-state index in [0.717, 1.165) is 5.56 Å². The molecule has 0 saturated carbocycles. The zero-order valence-corrected chi connectivity index (χ0v) is 17.7. The number of aryl methyl sites for hydroxylation is 1. The van der Waals surface area contributed by atoms with Crippen molar-refractivity contribution in [2.24, 2.45) is 0 Å². The number of hydrogen-bond acceptors (Lipinski definition) is 8. The van der Waals surface area contributed by atoms with Crippen molar-refractivity contribution < 1.29 is 28.8 Å². The number of esters is 1. The molecule has 2 aromatic rings. The monoisotopic (exact) mass is 444 g/mol. The van der Waals surface area contributed by atoms with Crippen LogP contribution >= 0.6 is 0 Å². The van der Waals surface area contributed by atoms with Crippen LogP contribution < -0.4 is 20.7 Å². The van der Waals surface area contributed by atoms with Crippen molar-refractivity contribution in [1.82, 2.24) is 5.32 Å². The fourth-order valence-corrected chi connectivity index (χ4v) is 2.64. The first-order valence-electron chi connectivity index (χ1n) is 9.64. The molecule has 2 amide bonds. The summed E-state index contributed by atoms with van der Waals surface area (Å²) in [5.74, 6) is -1.29. The maximum Gasteiger partial charge on any atom is 0.308 e. The van der Waals surface area contributed by atoms with Crippen LogP contribution in [0.25, 0.3) is 0 Å². The summed E-state index contributed by atoms with van der Waals surface area (Å²) in [5, 5.41) is 18.7. The second-order valence-electron chi connectivity index (χ2n) is 6.64. The largest absolute Gasteiger partial charge is 0.495 e. The van der Waals surface area contributed by atoms with Gasteiger partial charge in [0.15, 0.2) is 6.61 Å². The zero-order valence-electron chi connectivity index (χ0n) is 17.7. The molecule has 0 aromatic heterocycles. The number of amides is 2. The van der Waals surface area contributed by atoms with Crippen LogP contribution in [-0.4, -0.2) is 49.5 Å². The molecule has 0 heterocycles. The molecule has 2 aromatic carbocycles. The Morgan fingerprint density at radius 3 is 2.53 bits per heavy atom. The van der Waals surface area contributed by atoms with E-state index in [4.69, 9.17) is 9.47 Å². The Morgan fingerprint density at radius 2 is 1.81 bits per heavy atom. The number of methoxy groups -OCH3 is 1. The highest BCUT2D eigenvalue weighted by Crippen LogP contribution is 2.25. The Morgan fingerprint density at radius 1 is 1.06 bits per heavy atom. The number of nitrogens with one attached hydrogen (secondary N) is 3. The molecule has 32 heavy (non-hydrogen) atoms. The van der Waals surface area contributed by atoms with Gasteiger partial charge in [0.2, 0.25) is 5.91 Å². The van der Waals surface area contributed by atoms with Crippen molar-refractivity contribution in [3.8, 4) is 5.75 Å². The van der Waals surface area contributed by atoms with E-state index in [9.17, 15) is 24.5 Å². The highest BCUT2D eigenvalue weighted by atomic mass is 16.6. The van der Waals surface area contributed by atoms with Gasteiger partial charge in [-0.25, -0.2) is 0 Å². The Labute approximate surface area is 184 Å². The summed E-state index contributed by atoms with van der Waals surface area (Å²) in [6, 6.07) is 11.3. The van der Waals surface area contributed by atoms with E-state index in [2.05, 4.69) is 16.0 Å². The van der Waals surface area contributed by atoms with Crippen LogP contribution in [0.1, 0.15) is 12.0 Å². The quantitative estimate of drug-likeness (QED) is 0.271. The third-order valence-corrected chi connectivity index (χ3v) is 4.18. The molecule has 0 fully saturated rings. The van der Waals surface area contributed by atoms with Gasteiger partial charge in [0, 0.05) is 12.6 Å². The third-order valence-electron chi connectivity index (χ3n) is 4.18. The van der Waals surface area contributed by atoms with Gasteiger partial charge in [-0.1, -0.05) is 18.2 Å². The molecule has 0 spiro atoms. The van der Waals surface area contributed by atoms with E-state index in [1.807, 2.05) is 13.0 Å². The number of carbonyl (C=O) groups is 3. The predicted molar refractivity (Wildman–Crippen MR) is 117 cm³/mol. The van der Waals surface area contributed by atoms with E-state index in [-0.39, 0.29) is 30.9 Å². The zero-order chi connectivity index (χ0) is 23.5. The van der Waals surface area contributed by atoms with Crippen LogP contribution in [-0.2, 0) is 19.1 Å². The summed E-state index contributed by atoms with van der Waals surface area (Å²) < 4.78 is 10.0. The van der Waals surface area contributed by atoms with Crippen molar-refractivity contribution in [2.45, 2.75) is 13.3 Å². The van der Waals surface area contributed by atoms with Gasteiger partial charge in [-0.05, 0) is 30.7 Å². The van der Waals surface area contributed by atoms with Gasteiger partial charge in [-0.2, -0.15) is 0 Å². The molecule has 11 heteroatoms. The second-order valence-corrected chi connectivity index (χ2v) is 6.64. The standard InChI is InChI=1S/C21H24N4O7/c1-14-7-8-18(31-2)16(11-14)24-19(26)12-23-20(27)13-32-21(28)9-10-22-15-5-3-4-6-17(15)25(29)30/h3-8,11,22H,9-10,12-13H2,1-2H3,(H,23,27)(H,24,26). The van der Waals surface area contributed by atoms with Crippen molar-refractivity contribution >= 4 is 34.8 Å². The van der Waals surface area contributed by atoms with E-state index in [1.54, 1.807) is 18.2 Å². The molecule has 0 radical (unpaired) electrons. The van der Waals surface area contributed by atoms with Gasteiger partial charge in [-0.15, -0.1) is 0 Å². The topological polar surface area (TPSA) is 149 Å². The van der Waals surface area contributed by atoms with Crippen LogP contribution in [0.3, 0.4) is 0 Å². The van der Waals surface area contributed by atoms with Gasteiger partial charge >= 0.3 is 5.97 Å². The normalized spacial score (nSPS) is 10.1. The summed E-state index contributed by atoms with van der Waals surface area (Å²) in [5.41, 5.74) is 1.57. The highest BCUT2D eigenvalue weighted by Gasteiger charge is 2.14. The summed E-state index contributed by atoms with van der Waals surface area (Å²) in [6.07, 6.45) is -0.104. The van der Waals surface area contributed by atoms with Gasteiger partial charge in [-0.3, -0.25) is 24.5 Å². The average molecular weight is 444 g/mol. The number of nitrogens with zero attached hydrogens (tertiary/aromatic N) is 1. The molecule has 2 rings (SSSR count). The first-order chi connectivity index (χ1) is 15.3. The molecule has 3 N–H and O–H groups in total. The van der Waals surface area contributed by atoms with Crippen LogP contribution in [0.5, 0.6) is 5.75 Å². The fourth-order valence-electron chi connectivity index (χ4n) is 2.64. The van der Waals surface area contributed by atoms with Crippen molar-refractivity contribution in [3.05, 3.63) is 58.1 Å². The Kier molecular flexibility index (Phi) is 8.96. The van der Waals surface area contributed by atoms with E-state index < -0.39 is 29.3 Å². The molecular weight excluding hydrogens is 420 g/mol. The lowest BCUT2D eigenvalue weighted by Crippen LogP contribution is -2.35. The Hall–Kier alpha value is -4.15. The minimum absolute atomic E-state index is 0.0893. The molecule has 170 valence electrons. The molecular formula is C21H24N4O7. The lowest BCUT2D eigenvalue weighted by atomic mass is 10.2. The first-order valence-corrected chi connectivity index (χ1v) is 9.64. The van der Waals surface area contributed by atoms with Crippen molar-refractivity contribution in [3.63, 3.8) is 0 Å². The number of nitro benzene ring substituents is 1. The molecule has 0 aliphatic rings.